The highest BCUT2D eigenvalue weighted by atomic mass is 19.4. The molecule has 1 aromatic carbocycles. The highest BCUT2D eigenvalue weighted by molar-refractivity contribution is 5.82. The van der Waals surface area contributed by atoms with Crippen LogP contribution in [0.1, 0.15) is 5.56 Å². The van der Waals surface area contributed by atoms with Crippen molar-refractivity contribution < 1.29 is 35.8 Å². The molecule has 0 aromatic heterocycles. The van der Waals surface area contributed by atoms with E-state index in [1.165, 1.54) is 18.2 Å². The molecule has 0 spiro atoms. The van der Waals surface area contributed by atoms with Crippen LogP contribution in [0.2, 0.25) is 0 Å². The normalized spacial score (nSPS) is 13.8. The second kappa shape index (κ2) is 5.17. The van der Waals surface area contributed by atoms with Gasteiger partial charge in [-0.15, -0.1) is 0 Å². The maximum atomic E-state index is 12.7. The molecule has 0 heterocycles. The SMILES string of the molecule is Oc1ccccc1/C=N/NC(F)(F)C(F)(F)C(F)(F)F. The molecule has 2 N–H and O–H groups in total. The van der Waals surface area contributed by atoms with Gasteiger partial charge in [-0.1, -0.05) is 12.1 Å². The average molecular weight is 304 g/mol. The van der Waals surface area contributed by atoms with E-state index in [-0.39, 0.29) is 5.56 Å². The van der Waals surface area contributed by atoms with Crippen molar-refractivity contribution in [3.8, 4) is 5.75 Å². The van der Waals surface area contributed by atoms with Gasteiger partial charge < -0.3 is 5.11 Å². The maximum Gasteiger partial charge on any atom is 0.462 e. The highest BCUT2D eigenvalue weighted by Crippen LogP contribution is 2.44. The van der Waals surface area contributed by atoms with E-state index < -0.39 is 23.9 Å². The lowest BCUT2D eigenvalue weighted by molar-refractivity contribution is -0.361. The van der Waals surface area contributed by atoms with E-state index >= 15 is 0 Å². The number of benzene rings is 1. The molecular formula is C10H7F7N2O. The van der Waals surface area contributed by atoms with Gasteiger partial charge in [0, 0.05) is 5.56 Å². The van der Waals surface area contributed by atoms with Gasteiger partial charge in [-0.3, -0.25) is 0 Å². The van der Waals surface area contributed by atoms with E-state index in [9.17, 15) is 35.8 Å². The van der Waals surface area contributed by atoms with E-state index in [0.29, 0.717) is 11.6 Å². The van der Waals surface area contributed by atoms with E-state index in [1.54, 1.807) is 0 Å². The zero-order valence-electron chi connectivity index (χ0n) is 9.43. The number of nitrogens with one attached hydrogen (secondary N) is 1. The Morgan fingerprint density at radius 2 is 1.55 bits per heavy atom. The van der Waals surface area contributed by atoms with Gasteiger partial charge in [-0.2, -0.15) is 35.8 Å². The Bertz CT molecular complexity index is 499. The fourth-order valence-electron chi connectivity index (χ4n) is 1.03. The highest BCUT2D eigenvalue weighted by Gasteiger charge is 2.73. The lowest BCUT2D eigenvalue weighted by Gasteiger charge is -2.27. The quantitative estimate of drug-likeness (QED) is 0.388. The molecule has 0 aliphatic heterocycles. The summed E-state index contributed by atoms with van der Waals surface area (Å²) in [5, 5.41) is 11.8. The Morgan fingerprint density at radius 3 is 2.05 bits per heavy atom. The standard InChI is InChI=1S/C10H7F7N2O/c11-8(12,9(13,14)15)10(16,17)19-18-5-6-3-1-2-4-7(6)20/h1-5,19-20H/b18-5+. The first-order chi connectivity index (χ1) is 8.99. The second-order valence-corrected chi connectivity index (χ2v) is 3.58. The van der Waals surface area contributed by atoms with Crippen molar-refractivity contribution in [2.75, 3.05) is 0 Å². The Hall–Kier alpha value is -2.00. The number of para-hydroxylation sites is 1. The number of hydrazone groups is 1. The average Bonchev–Trinajstić information content (AvgIpc) is 2.29. The predicted octanol–water partition coefficient (Wildman–Crippen LogP) is 3.11. The lowest BCUT2D eigenvalue weighted by Crippen LogP contribution is -2.58. The van der Waals surface area contributed by atoms with Gasteiger partial charge >= 0.3 is 18.1 Å². The monoisotopic (exact) mass is 304 g/mol. The zero-order valence-corrected chi connectivity index (χ0v) is 9.43. The van der Waals surface area contributed by atoms with Crippen LogP contribution >= 0.6 is 0 Å². The Kier molecular flexibility index (Phi) is 4.15. The molecular weight excluding hydrogens is 297 g/mol. The van der Waals surface area contributed by atoms with Crippen LogP contribution in [0.4, 0.5) is 30.7 Å². The molecule has 0 radical (unpaired) electrons. The molecule has 1 rings (SSSR count). The minimum absolute atomic E-state index is 0.147. The third-order valence-electron chi connectivity index (χ3n) is 2.10. The van der Waals surface area contributed by atoms with Crippen molar-refractivity contribution in [3.05, 3.63) is 29.8 Å². The van der Waals surface area contributed by atoms with Crippen molar-refractivity contribution in [1.29, 1.82) is 0 Å². The van der Waals surface area contributed by atoms with Gasteiger partial charge in [0.25, 0.3) is 0 Å². The summed E-state index contributed by atoms with van der Waals surface area (Å²) in [6.07, 6.45) is -5.95. The minimum Gasteiger partial charge on any atom is -0.507 e. The van der Waals surface area contributed by atoms with Crippen LogP contribution in [-0.4, -0.2) is 29.5 Å². The molecule has 0 saturated heterocycles. The number of nitrogens with zero attached hydrogens (tertiary/aromatic N) is 1. The van der Waals surface area contributed by atoms with E-state index in [2.05, 4.69) is 5.10 Å². The third-order valence-corrected chi connectivity index (χ3v) is 2.10. The zero-order chi connectivity index (χ0) is 15.6. The number of halogens is 7. The van der Waals surface area contributed by atoms with Crippen LogP contribution in [0.15, 0.2) is 29.4 Å². The predicted molar refractivity (Wildman–Crippen MR) is 54.8 cm³/mol. The summed E-state index contributed by atoms with van der Waals surface area (Å²) in [4.78, 5) is 0. The Morgan fingerprint density at radius 1 is 1.00 bits per heavy atom. The van der Waals surface area contributed by atoms with Gasteiger partial charge in [0.05, 0.1) is 6.21 Å². The summed E-state index contributed by atoms with van der Waals surface area (Å²) in [5.74, 6) is -6.71. The summed E-state index contributed by atoms with van der Waals surface area (Å²) in [5.41, 5.74) is 0.289. The molecule has 0 amide bonds. The van der Waals surface area contributed by atoms with Crippen LogP contribution in [0.25, 0.3) is 0 Å². The molecule has 0 fully saturated rings. The molecule has 0 atom stereocenters. The molecule has 3 nitrogen and oxygen atoms in total. The lowest BCUT2D eigenvalue weighted by atomic mass is 10.2. The summed E-state index contributed by atoms with van der Waals surface area (Å²) in [7, 11) is 0. The van der Waals surface area contributed by atoms with Gasteiger partial charge in [-0.05, 0) is 12.1 Å². The first kappa shape index (κ1) is 16.1. The molecule has 0 bridgehead atoms. The number of phenols is 1. The van der Waals surface area contributed by atoms with Crippen LogP contribution < -0.4 is 5.43 Å². The topological polar surface area (TPSA) is 44.6 Å². The number of aromatic hydroxyl groups is 1. The molecule has 20 heavy (non-hydrogen) atoms. The summed E-state index contributed by atoms with van der Waals surface area (Å²) in [6, 6.07) is -0.563. The van der Waals surface area contributed by atoms with E-state index in [0.717, 1.165) is 6.07 Å². The van der Waals surface area contributed by atoms with Crippen molar-refractivity contribution in [1.82, 2.24) is 5.43 Å². The van der Waals surface area contributed by atoms with E-state index in [4.69, 9.17) is 0 Å². The summed E-state index contributed by atoms with van der Waals surface area (Å²) < 4.78 is 85.7. The molecule has 1 aromatic rings. The van der Waals surface area contributed by atoms with Crippen LogP contribution in [0, 0.1) is 0 Å². The number of alkyl halides is 7. The smallest absolute Gasteiger partial charge is 0.462 e. The maximum absolute atomic E-state index is 12.7. The second-order valence-electron chi connectivity index (χ2n) is 3.58. The van der Waals surface area contributed by atoms with Crippen molar-refractivity contribution in [2.24, 2.45) is 5.10 Å². The molecule has 0 unspecified atom stereocenters. The Balaban J connectivity index is 2.86. The van der Waals surface area contributed by atoms with Crippen molar-refractivity contribution >= 4 is 6.21 Å². The summed E-state index contributed by atoms with van der Waals surface area (Å²) >= 11 is 0. The third kappa shape index (κ3) is 3.11. The number of rotatable bonds is 4. The molecule has 0 aliphatic rings. The summed E-state index contributed by atoms with van der Waals surface area (Å²) in [6.45, 7) is 0. The van der Waals surface area contributed by atoms with Crippen LogP contribution in [0.3, 0.4) is 0 Å². The number of hydrogen-bond acceptors (Lipinski definition) is 3. The van der Waals surface area contributed by atoms with Crippen LogP contribution in [0.5, 0.6) is 5.75 Å². The fraction of sp³-hybridized carbons (Fsp3) is 0.300. The number of hydrogen-bond donors (Lipinski definition) is 2. The van der Waals surface area contributed by atoms with Gasteiger partial charge in [-0.25, -0.2) is 5.43 Å². The fourth-order valence-corrected chi connectivity index (χ4v) is 1.03. The first-order valence-corrected chi connectivity index (χ1v) is 4.89. The van der Waals surface area contributed by atoms with Gasteiger partial charge in [0.15, 0.2) is 0 Å². The van der Waals surface area contributed by atoms with E-state index in [1.807, 2.05) is 0 Å². The van der Waals surface area contributed by atoms with Crippen molar-refractivity contribution in [2.45, 2.75) is 18.1 Å². The van der Waals surface area contributed by atoms with Gasteiger partial charge in [0.1, 0.15) is 5.75 Å². The largest absolute Gasteiger partial charge is 0.507 e. The molecule has 0 aliphatic carbocycles. The molecule has 112 valence electrons. The van der Waals surface area contributed by atoms with Gasteiger partial charge in [0.2, 0.25) is 0 Å². The minimum atomic E-state index is -6.44. The molecule has 10 heteroatoms. The van der Waals surface area contributed by atoms with Crippen LogP contribution in [-0.2, 0) is 0 Å². The number of phenolic OH excluding ortho intramolecular Hbond substituents is 1. The molecule has 0 saturated carbocycles. The van der Waals surface area contributed by atoms with Crippen molar-refractivity contribution in [3.63, 3.8) is 0 Å². The Labute approximate surface area is 107 Å². The first-order valence-electron chi connectivity index (χ1n) is 4.89.